The van der Waals surface area contributed by atoms with Gasteiger partial charge in [-0.2, -0.15) is 0 Å². The maximum absolute atomic E-state index is 11.5. The zero-order valence-electron chi connectivity index (χ0n) is 11.1. The predicted molar refractivity (Wildman–Crippen MR) is 81.4 cm³/mol. The van der Waals surface area contributed by atoms with Gasteiger partial charge in [-0.25, -0.2) is 0 Å². The second-order valence-corrected chi connectivity index (χ2v) is 5.21. The van der Waals surface area contributed by atoms with E-state index >= 15 is 0 Å². The average molecular weight is 275 g/mol. The molecule has 100 valence electrons. The fourth-order valence-electron chi connectivity index (χ4n) is 1.96. The molecule has 0 atom stereocenters. The molecule has 1 aromatic rings. The maximum atomic E-state index is 11.5. The number of nitrogens with one attached hydrogen (secondary N) is 2. The van der Waals surface area contributed by atoms with E-state index in [0.29, 0.717) is 4.91 Å². The molecule has 2 N–H and O–H groups in total. The topological polar surface area (TPSA) is 56.2 Å². The Labute approximate surface area is 117 Å². The van der Waals surface area contributed by atoms with Crippen LogP contribution in [0.1, 0.15) is 19.4 Å². The lowest BCUT2D eigenvalue weighted by Gasteiger charge is -2.20. The molecule has 0 aliphatic carbocycles. The molecular weight excluding hydrogens is 258 g/mol. The van der Waals surface area contributed by atoms with Gasteiger partial charge in [0.2, 0.25) is 0 Å². The van der Waals surface area contributed by atoms with Crippen molar-refractivity contribution in [3.63, 3.8) is 0 Å². The highest BCUT2D eigenvalue weighted by Gasteiger charge is 2.21. The SMILES string of the molecule is CCN(CC)c1ccc(C=C2SC(=N)NC2=O)cc1. The van der Waals surface area contributed by atoms with Crippen LogP contribution >= 0.6 is 11.8 Å². The normalized spacial score (nSPS) is 16.8. The number of anilines is 1. The van der Waals surface area contributed by atoms with Gasteiger partial charge >= 0.3 is 0 Å². The van der Waals surface area contributed by atoms with E-state index in [9.17, 15) is 4.79 Å². The number of benzene rings is 1. The molecule has 4 nitrogen and oxygen atoms in total. The highest BCUT2D eigenvalue weighted by Crippen LogP contribution is 2.25. The molecule has 1 saturated heterocycles. The van der Waals surface area contributed by atoms with Crippen molar-refractivity contribution >= 4 is 34.6 Å². The molecule has 1 amide bonds. The summed E-state index contributed by atoms with van der Waals surface area (Å²) in [6, 6.07) is 8.11. The summed E-state index contributed by atoms with van der Waals surface area (Å²) in [6.07, 6.45) is 1.81. The Bertz CT molecular complexity index is 518. The van der Waals surface area contributed by atoms with Crippen LogP contribution in [0.2, 0.25) is 0 Å². The van der Waals surface area contributed by atoms with Gasteiger partial charge in [-0.15, -0.1) is 0 Å². The van der Waals surface area contributed by atoms with Gasteiger partial charge in [0, 0.05) is 18.8 Å². The molecule has 1 fully saturated rings. The summed E-state index contributed by atoms with van der Waals surface area (Å²) < 4.78 is 0. The highest BCUT2D eigenvalue weighted by atomic mass is 32.2. The van der Waals surface area contributed by atoms with Crippen molar-refractivity contribution in [3.05, 3.63) is 34.7 Å². The van der Waals surface area contributed by atoms with E-state index in [0.717, 1.165) is 30.4 Å². The monoisotopic (exact) mass is 275 g/mol. The zero-order chi connectivity index (χ0) is 13.8. The minimum Gasteiger partial charge on any atom is -0.372 e. The number of amidine groups is 1. The number of hydrogen-bond donors (Lipinski definition) is 2. The molecule has 19 heavy (non-hydrogen) atoms. The van der Waals surface area contributed by atoms with Crippen molar-refractivity contribution < 1.29 is 4.79 Å². The van der Waals surface area contributed by atoms with E-state index < -0.39 is 0 Å². The standard InChI is InChI=1S/C14H17N3OS/c1-3-17(4-2)11-7-5-10(6-8-11)9-12-13(18)16-14(15)19-12/h5-9H,3-4H2,1-2H3,(H2,15,16,18). The van der Waals surface area contributed by atoms with Gasteiger partial charge in [0.25, 0.3) is 5.91 Å². The molecule has 2 rings (SSSR count). The van der Waals surface area contributed by atoms with Crippen molar-refractivity contribution in [2.24, 2.45) is 0 Å². The fourth-order valence-corrected chi connectivity index (χ4v) is 2.67. The van der Waals surface area contributed by atoms with E-state index in [1.165, 1.54) is 5.69 Å². The lowest BCUT2D eigenvalue weighted by Crippen LogP contribution is -2.21. The Kier molecular flexibility index (Phi) is 4.27. The van der Waals surface area contributed by atoms with Gasteiger partial charge in [-0.3, -0.25) is 10.2 Å². The Morgan fingerprint density at radius 1 is 1.26 bits per heavy atom. The minimum absolute atomic E-state index is 0.191. The van der Waals surface area contributed by atoms with Crippen molar-refractivity contribution in [2.75, 3.05) is 18.0 Å². The summed E-state index contributed by atoms with van der Waals surface area (Å²) in [7, 11) is 0. The largest absolute Gasteiger partial charge is 0.372 e. The molecule has 1 heterocycles. The van der Waals surface area contributed by atoms with Gasteiger partial charge < -0.3 is 10.2 Å². The molecule has 0 aromatic heterocycles. The van der Waals surface area contributed by atoms with E-state index in [2.05, 4.69) is 36.2 Å². The predicted octanol–water partition coefficient (Wildman–Crippen LogP) is 2.67. The molecule has 0 radical (unpaired) electrons. The van der Waals surface area contributed by atoms with Gasteiger partial charge in [0.1, 0.15) is 0 Å². The van der Waals surface area contributed by atoms with Crippen molar-refractivity contribution in [2.45, 2.75) is 13.8 Å². The number of carbonyl (C=O) groups is 1. The lowest BCUT2D eigenvalue weighted by atomic mass is 10.2. The third-order valence-corrected chi connectivity index (χ3v) is 3.81. The Morgan fingerprint density at radius 3 is 2.37 bits per heavy atom. The highest BCUT2D eigenvalue weighted by molar-refractivity contribution is 8.18. The summed E-state index contributed by atoms with van der Waals surface area (Å²) in [4.78, 5) is 14.3. The fraction of sp³-hybridized carbons (Fsp3) is 0.286. The first-order valence-electron chi connectivity index (χ1n) is 6.28. The first kappa shape index (κ1) is 13.7. The molecule has 1 aliphatic heterocycles. The average Bonchev–Trinajstić information content (AvgIpc) is 2.71. The number of rotatable bonds is 4. The van der Waals surface area contributed by atoms with Crippen LogP contribution in [0.4, 0.5) is 5.69 Å². The quantitative estimate of drug-likeness (QED) is 0.831. The zero-order valence-corrected chi connectivity index (χ0v) is 11.9. The van der Waals surface area contributed by atoms with E-state index in [1.807, 2.05) is 18.2 Å². The molecule has 1 aliphatic rings. The van der Waals surface area contributed by atoms with Crippen LogP contribution in [-0.2, 0) is 4.79 Å². The van der Waals surface area contributed by atoms with Gasteiger partial charge in [0.05, 0.1) is 4.91 Å². The molecule has 1 aromatic carbocycles. The van der Waals surface area contributed by atoms with E-state index in [-0.39, 0.29) is 11.1 Å². The number of hydrogen-bond acceptors (Lipinski definition) is 4. The number of nitrogens with zero attached hydrogens (tertiary/aromatic N) is 1. The second-order valence-electron chi connectivity index (χ2n) is 4.16. The first-order chi connectivity index (χ1) is 9.13. The van der Waals surface area contributed by atoms with Crippen LogP contribution in [0.15, 0.2) is 29.2 Å². The van der Waals surface area contributed by atoms with E-state index in [4.69, 9.17) is 5.41 Å². The molecule has 5 heteroatoms. The summed E-state index contributed by atoms with van der Waals surface area (Å²) in [6.45, 7) is 6.22. The maximum Gasteiger partial charge on any atom is 0.264 e. The minimum atomic E-state index is -0.192. The third kappa shape index (κ3) is 3.17. The van der Waals surface area contributed by atoms with E-state index in [1.54, 1.807) is 0 Å². The first-order valence-corrected chi connectivity index (χ1v) is 7.10. The van der Waals surface area contributed by atoms with Crippen LogP contribution < -0.4 is 10.2 Å². The molecule has 0 saturated carbocycles. The summed E-state index contributed by atoms with van der Waals surface area (Å²) >= 11 is 1.16. The molecular formula is C14H17N3OS. The van der Waals surface area contributed by atoms with Crippen molar-refractivity contribution in [1.82, 2.24) is 5.32 Å². The number of thioether (sulfide) groups is 1. The lowest BCUT2D eigenvalue weighted by molar-refractivity contribution is -0.115. The Hall–Kier alpha value is -1.75. The van der Waals surface area contributed by atoms with Crippen molar-refractivity contribution in [3.8, 4) is 0 Å². The Morgan fingerprint density at radius 2 is 1.89 bits per heavy atom. The molecule has 0 spiro atoms. The number of carbonyl (C=O) groups excluding carboxylic acids is 1. The van der Waals surface area contributed by atoms with Gasteiger partial charge in [-0.05, 0) is 49.4 Å². The number of amides is 1. The summed E-state index contributed by atoms with van der Waals surface area (Å²) in [5.41, 5.74) is 2.16. The van der Waals surface area contributed by atoms with Crippen LogP contribution in [0.5, 0.6) is 0 Å². The van der Waals surface area contributed by atoms with Gasteiger partial charge in [0.15, 0.2) is 5.17 Å². The smallest absolute Gasteiger partial charge is 0.264 e. The summed E-state index contributed by atoms with van der Waals surface area (Å²) in [5.74, 6) is -0.192. The summed E-state index contributed by atoms with van der Waals surface area (Å²) in [5, 5.41) is 10.1. The Balaban J connectivity index is 2.17. The van der Waals surface area contributed by atoms with Crippen LogP contribution in [0.25, 0.3) is 6.08 Å². The van der Waals surface area contributed by atoms with Crippen LogP contribution in [0, 0.1) is 5.41 Å². The van der Waals surface area contributed by atoms with Gasteiger partial charge in [-0.1, -0.05) is 12.1 Å². The van der Waals surface area contributed by atoms with Crippen LogP contribution in [0.3, 0.4) is 0 Å². The third-order valence-electron chi connectivity index (χ3n) is 2.98. The molecule has 0 unspecified atom stereocenters. The second kappa shape index (κ2) is 5.93. The van der Waals surface area contributed by atoms with Crippen molar-refractivity contribution in [1.29, 1.82) is 5.41 Å². The molecule has 0 bridgehead atoms. The van der Waals surface area contributed by atoms with Crippen LogP contribution in [-0.4, -0.2) is 24.2 Å².